The minimum atomic E-state index is 0.462. The van der Waals surface area contributed by atoms with Gasteiger partial charge in [-0.15, -0.1) is 5.10 Å². The van der Waals surface area contributed by atoms with E-state index in [1.807, 2.05) is 11.6 Å². The third kappa shape index (κ3) is 2.99. The molecule has 21 heavy (non-hydrogen) atoms. The molecule has 0 spiro atoms. The zero-order valence-electron chi connectivity index (χ0n) is 12.5. The van der Waals surface area contributed by atoms with Crippen LogP contribution in [0.1, 0.15) is 44.1 Å². The van der Waals surface area contributed by atoms with Crippen LogP contribution >= 0.6 is 11.8 Å². The number of anilines is 1. The van der Waals surface area contributed by atoms with Crippen molar-refractivity contribution in [2.75, 3.05) is 11.9 Å². The Labute approximate surface area is 127 Å². The zero-order valence-corrected chi connectivity index (χ0v) is 13.3. The van der Waals surface area contributed by atoms with Gasteiger partial charge in [-0.05, 0) is 48.9 Å². The summed E-state index contributed by atoms with van der Waals surface area (Å²) in [6, 6.07) is 0.462. The standard InChI is InChI=1S/C13H19N7S/c1-4-10-15-11(14-5-2)8(3)12(16-10)21-13-17-18-19-20(13)9-6-7-9/h9H,4-7H2,1-3H3,(H,14,15,16). The highest BCUT2D eigenvalue weighted by Gasteiger charge is 2.28. The maximum absolute atomic E-state index is 4.63. The SMILES string of the molecule is CCNc1nc(CC)nc(Sc2nnnn2C2CC2)c1C. The largest absolute Gasteiger partial charge is 0.370 e. The topological polar surface area (TPSA) is 81.4 Å². The molecule has 0 aliphatic heterocycles. The van der Waals surface area contributed by atoms with Crippen LogP contribution in [0.25, 0.3) is 0 Å². The van der Waals surface area contributed by atoms with Gasteiger partial charge in [0, 0.05) is 18.5 Å². The fourth-order valence-corrected chi connectivity index (χ4v) is 2.95. The lowest BCUT2D eigenvalue weighted by Gasteiger charge is -2.12. The molecule has 2 heterocycles. The lowest BCUT2D eigenvalue weighted by molar-refractivity contribution is 0.565. The molecule has 0 amide bonds. The van der Waals surface area contributed by atoms with Crippen molar-refractivity contribution in [1.82, 2.24) is 30.2 Å². The first kappa shape index (κ1) is 14.2. The second-order valence-corrected chi connectivity index (χ2v) is 6.00. The van der Waals surface area contributed by atoms with Gasteiger partial charge in [0.25, 0.3) is 0 Å². The minimum Gasteiger partial charge on any atom is -0.370 e. The Morgan fingerprint density at radius 1 is 1.29 bits per heavy atom. The van der Waals surface area contributed by atoms with Crippen LogP contribution in [0.3, 0.4) is 0 Å². The van der Waals surface area contributed by atoms with E-state index >= 15 is 0 Å². The summed E-state index contributed by atoms with van der Waals surface area (Å²) in [4.78, 5) is 9.18. The highest BCUT2D eigenvalue weighted by atomic mass is 32.2. The number of hydrogen-bond donors (Lipinski definition) is 1. The van der Waals surface area contributed by atoms with E-state index in [2.05, 4.69) is 44.7 Å². The summed E-state index contributed by atoms with van der Waals surface area (Å²) in [5.41, 5.74) is 1.05. The lowest BCUT2D eigenvalue weighted by Crippen LogP contribution is -2.07. The van der Waals surface area contributed by atoms with E-state index in [9.17, 15) is 0 Å². The van der Waals surface area contributed by atoms with Crippen LogP contribution in [0.5, 0.6) is 0 Å². The van der Waals surface area contributed by atoms with Crippen molar-refractivity contribution < 1.29 is 0 Å². The molecule has 2 aromatic heterocycles. The first-order valence-electron chi connectivity index (χ1n) is 7.30. The zero-order chi connectivity index (χ0) is 14.8. The van der Waals surface area contributed by atoms with E-state index < -0.39 is 0 Å². The number of nitrogens with zero attached hydrogens (tertiary/aromatic N) is 6. The van der Waals surface area contributed by atoms with E-state index in [0.717, 1.165) is 53.2 Å². The van der Waals surface area contributed by atoms with Crippen molar-refractivity contribution in [3.05, 3.63) is 11.4 Å². The quantitative estimate of drug-likeness (QED) is 0.820. The van der Waals surface area contributed by atoms with Gasteiger partial charge in [-0.3, -0.25) is 0 Å². The van der Waals surface area contributed by atoms with Crippen LogP contribution in [-0.2, 0) is 6.42 Å². The summed E-state index contributed by atoms with van der Waals surface area (Å²) in [7, 11) is 0. The van der Waals surface area contributed by atoms with Gasteiger partial charge in [0.05, 0.1) is 6.04 Å². The van der Waals surface area contributed by atoms with Gasteiger partial charge in [-0.1, -0.05) is 6.92 Å². The van der Waals surface area contributed by atoms with Crippen molar-refractivity contribution in [3.63, 3.8) is 0 Å². The number of aryl methyl sites for hydroxylation is 1. The molecular weight excluding hydrogens is 286 g/mol. The molecule has 0 unspecified atom stereocenters. The maximum Gasteiger partial charge on any atom is 0.215 e. The van der Waals surface area contributed by atoms with Crippen LogP contribution in [0.4, 0.5) is 5.82 Å². The van der Waals surface area contributed by atoms with Gasteiger partial charge in [-0.25, -0.2) is 14.6 Å². The van der Waals surface area contributed by atoms with E-state index in [1.54, 1.807) is 0 Å². The van der Waals surface area contributed by atoms with E-state index in [4.69, 9.17) is 0 Å². The number of rotatable bonds is 6. The third-order valence-corrected chi connectivity index (χ3v) is 4.39. The molecular formula is C13H19N7S. The van der Waals surface area contributed by atoms with E-state index in [0.29, 0.717) is 6.04 Å². The molecule has 1 saturated carbocycles. The molecule has 0 radical (unpaired) electrons. The summed E-state index contributed by atoms with van der Waals surface area (Å²) in [5.74, 6) is 1.74. The molecule has 1 aliphatic rings. The molecule has 3 rings (SSSR count). The Kier molecular flexibility index (Phi) is 4.05. The van der Waals surface area contributed by atoms with Crippen molar-refractivity contribution in [2.24, 2.45) is 0 Å². The second kappa shape index (κ2) is 5.97. The Hall–Kier alpha value is -1.70. The fraction of sp³-hybridized carbons (Fsp3) is 0.615. The summed E-state index contributed by atoms with van der Waals surface area (Å²) < 4.78 is 1.91. The fourth-order valence-electron chi connectivity index (χ4n) is 2.02. The average molecular weight is 305 g/mol. The van der Waals surface area contributed by atoms with Gasteiger partial charge in [0.2, 0.25) is 5.16 Å². The summed E-state index contributed by atoms with van der Waals surface area (Å²) >= 11 is 1.52. The highest BCUT2D eigenvalue weighted by Crippen LogP contribution is 2.38. The van der Waals surface area contributed by atoms with E-state index in [1.165, 1.54) is 11.8 Å². The molecule has 8 heteroatoms. The van der Waals surface area contributed by atoms with Gasteiger partial charge in [0.15, 0.2) is 0 Å². The predicted molar refractivity (Wildman–Crippen MR) is 80.5 cm³/mol. The highest BCUT2D eigenvalue weighted by molar-refractivity contribution is 7.99. The molecule has 112 valence electrons. The number of hydrogen-bond acceptors (Lipinski definition) is 7. The van der Waals surface area contributed by atoms with Crippen molar-refractivity contribution in [3.8, 4) is 0 Å². The summed E-state index contributed by atoms with van der Waals surface area (Å²) in [5, 5.41) is 17.0. The lowest BCUT2D eigenvalue weighted by atomic mass is 10.3. The normalized spacial score (nSPS) is 14.4. The number of nitrogens with one attached hydrogen (secondary N) is 1. The average Bonchev–Trinajstić information content (AvgIpc) is 3.23. The predicted octanol–water partition coefficient (Wildman–Crippen LogP) is 2.25. The van der Waals surface area contributed by atoms with Gasteiger partial charge < -0.3 is 5.32 Å². The van der Waals surface area contributed by atoms with Gasteiger partial charge >= 0.3 is 0 Å². The number of tetrazole rings is 1. The minimum absolute atomic E-state index is 0.462. The maximum atomic E-state index is 4.63. The van der Waals surface area contributed by atoms with Crippen molar-refractivity contribution >= 4 is 17.6 Å². The molecule has 0 bridgehead atoms. The van der Waals surface area contributed by atoms with Gasteiger partial charge in [-0.2, -0.15) is 0 Å². The van der Waals surface area contributed by atoms with Gasteiger partial charge in [0.1, 0.15) is 16.7 Å². The van der Waals surface area contributed by atoms with Crippen LogP contribution in [0, 0.1) is 6.92 Å². The molecule has 1 aliphatic carbocycles. The monoisotopic (exact) mass is 305 g/mol. The number of aromatic nitrogens is 6. The first-order valence-corrected chi connectivity index (χ1v) is 8.11. The Morgan fingerprint density at radius 3 is 2.76 bits per heavy atom. The third-order valence-electron chi connectivity index (χ3n) is 3.35. The van der Waals surface area contributed by atoms with Crippen LogP contribution < -0.4 is 5.32 Å². The Balaban J connectivity index is 1.93. The molecule has 1 N–H and O–H groups in total. The molecule has 2 aromatic rings. The van der Waals surface area contributed by atoms with E-state index in [-0.39, 0.29) is 0 Å². The smallest absolute Gasteiger partial charge is 0.215 e. The Morgan fingerprint density at radius 2 is 2.10 bits per heavy atom. The molecule has 0 atom stereocenters. The molecule has 7 nitrogen and oxygen atoms in total. The first-order chi connectivity index (χ1) is 10.2. The van der Waals surface area contributed by atoms with Crippen molar-refractivity contribution in [2.45, 2.75) is 56.3 Å². The summed E-state index contributed by atoms with van der Waals surface area (Å²) in [6.07, 6.45) is 3.12. The van der Waals surface area contributed by atoms with Crippen LogP contribution in [0.2, 0.25) is 0 Å². The van der Waals surface area contributed by atoms with Crippen LogP contribution in [0.15, 0.2) is 10.2 Å². The van der Waals surface area contributed by atoms with Crippen molar-refractivity contribution in [1.29, 1.82) is 0 Å². The van der Waals surface area contributed by atoms with Crippen LogP contribution in [-0.4, -0.2) is 36.7 Å². The second-order valence-electron chi connectivity index (χ2n) is 5.04. The molecule has 0 saturated heterocycles. The summed E-state index contributed by atoms with van der Waals surface area (Å²) in [6.45, 7) is 6.99. The molecule has 1 fully saturated rings. The molecule has 0 aromatic carbocycles. The Bertz CT molecular complexity index is 635.